The van der Waals surface area contributed by atoms with Crippen molar-refractivity contribution >= 4 is 29.6 Å². The van der Waals surface area contributed by atoms with Crippen molar-refractivity contribution in [1.82, 2.24) is 10.7 Å². The van der Waals surface area contributed by atoms with Gasteiger partial charge < -0.3 is 20.1 Å². The second-order valence-corrected chi connectivity index (χ2v) is 7.33. The monoisotopic (exact) mass is 474 g/mol. The predicted octanol–water partition coefficient (Wildman–Crippen LogP) is 2.52. The molecule has 0 unspecified atom stereocenters. The minimum atomic E-state index is -0.865. The van der Waals surface area contributed by atoms with Crippen molar-refractivity contribution in [3.05, 3.63) is 90.0 Å². The van der Waals surface area contributed by atoms with Crippen LogP contribution in [0.25, 0.3) is 0 Å². The van der Waals surface area contributed by atoms with Gasteiger partial charge in [-0.15, -0.1) is 0 Å². The van der Waals surface area contributed by atoms with E-state index in [2.05, 4.69) is 21.2 Å². The number of hydrazone groups is 1. The molecule has 0 radical (unpaired) electrons. The molecule has 3 N–H and O–H groups in total. The van der Waals surface area contributed by atoms with Gasteiger partial charge in [0, 0.05) is 18.3 Å². The predicted molar refractivity (Wildman–Crippen MR) is 132 cm³/mol. The van der Waals surface area contributed by atoms with E-state index in [4.69, 9.17) is 9.47 Å². The maximum Gasteiger partial charge on any atom is 0.329 e. The summed E-state index contributed by atoms with van der Waals surface area (Å²) in [6.45, 7) is 0.141. The lowest BCUT2D eigenvalue weighted by Crippen LogP contribution is -2.38. The van der Waals surface area contributed by atoms with E-state index >= 15 is 0 Å². The number of methoxy groups -OCH3 is 1. The van der Waals surface area contributed by atoms with Gasteiger partial charge in [-0.1, -0.05) is 48.5 Å². The highest BCUT2D eigenvalue weighted by Gasteiger charge is 2.11. The van der Waals surface area contributed by atoms with Crippen LogP contribution in [0.5, 0.6) is 11.5 Å². The quantitative estimate of drug-likeness (QED) is 0.237. The van der Waals surface area contributed by atoms with Gasteiger partial charge in [-0.25, -0.2) is 5.43 Å². The van der Waals surface area contributed by atoms with E-state index in [1.165, 1.54) is 6.21 Å². The van der Waals surface area contributed by atoms with Crippen molar-refractivity contribution in [3.63, 3.8) is 0 Å². The van der Waals surface area contributed by atoms with Gasteiger partial charge in [-0.05, 0) is 41.8 Å². The summed E-state index contributed by atoms with van der Waals surface area (Å²) in [6.07, 6.45) is 1.99. The second-order valence-electron chi connectivity index (χ2n) is 7.33. The molecule has 3 aromatic carbocycles. The van der Waals surface area contributed by atoms with E-state index in [1.54, 1.807) is 55.6 Å². The number of carbonyl (C=O) groups excluding carboxylic acids is 3. The number of rotatable bonds is 10. The molecule has 0 saturated carbocycles. The number of nitrogens with one attached hydrogen (secondary N) is 3. The number of carbonyl (C=O) groups is 3. The second kappa shape index (κ2) is 13.1. The first-order chi connectivity index (χ1) is 17.0. The number of anilines is 1. The number of hydrogen-bond donors (Lipinski definition) is 3. The summed E-state index contributed by atoms with van der Waals surface area (Å²) < 4.78 is 10.7. The molecule has 0 bridgehead atoms. The summed E-state index contributed by atoms with van der Waals surface area (Å²) in [6, 6.07) is 23.4. The maximum atomic E-state index is 12.1. The lowest BCUT2D eigenvalue weighted by molar-refractivity contribution is -0.139. The topological polar surface area (TPSA) is 118 Å². The number of ether oxygens (including phenoxy) is 2. The smallest absolute Gasteiger partial charge is 0.329 e. The van der Waals surface area contributed by atoms with Gasteiger partial charge in [0.15, 0.2) is 6.61 Å². The zero-order valence-electron chi connectivity index (χ0n) is 19.2. The van der Waals surface area contributed by atoms with Crippen LogP contribution in [0.3, 0.4) is 0 Å². The highest BCUT2D eigenvalue weighted by molar-refractivity contribution is 6.35. The van der Waals surface area contributed by atoms with Crippen LogP contribution in [-0.4, -0.2) is 44.2 Å². The molecule has 9 nitrogen and oxygen atoms in total. The van der Waals surface area contributed by atoms with Gasteiger partial charge in [0.1, 0.15) is 11.5 Å². The first-order valence-electron chi connectivity index (χ1n) is 10.9. The third kappa shape index (κ3) is 8.65. The average Bonchev–Trinajstić information content (AvgIpc) is 2.88. The molecule has 0 aliphatic rings. The Balaban J connectivity index is 1.41. The molecule has 0 spiro atoms. The Morgan fingerprint density at radius 3 is 2.46 bits per heavy atom. The molecule has 35 heavy (non-hydrogen) atoms. The van der Waals surface area contributed by atoms with Gasteiger partial charge >= 0.3 is 11.8 Å². The van der Waals surface area contributed by atoms with Crippen LogP contribution in [0.2, 0.25) is 0 Å². The van der Waals surface area contributed by atoms with E-state index in [0.717, 1.165) is 5.56 Å². The molecule has 9 heteroatoms. The number of hydrogen-bond acceptors (Lipinski definition) is 6. The van der Waals surface area contributed by atoms with Crippen LogP contribution in [0.1, 0.15) is 11.1 Å². The highest BCUT2D eigenvalue weighted by Crippen LogP contribution is 2.17. The molecule has 0 heterocycles. The molecule has 0 saturated heterocycles. The van der Waals surface area contributed by atoms with Crippen LogP contribution in [-0.2, 0) is 20.8 Å². The van der Waals surface area contributed by atoms with Crippen LogP contribution in [0, 0.1) is 0 Å². The van der Waals surface area contributed by atoms with Crippen LogP contribution in [0.15, 0.2) is 84.0 Å². The van der Waals surface area contributed by atoms with E-state index in [9.17, 15) is 14.4 Å². The molecule has 3 amide bonds. The Labute approximate surface area is 203 Å². The highest BCUT2D eigenvalue weighted by atomic mass is 16.5. The Morgan fingerprint density at radius 1 is 0.886 bits per heavy atom. The summed E-state index contributed by atoms with van der Waals surface area (Å²) in [5, 5.41) is 9.08. The van der Waals surface area contributed by atoms with Gasteiger partial charge in [-0.3, -0.25) is 14.4 Å². The van der Waals surface area contributed by atoms with Crippen LogP contribution < -0.4 is 25.5 Å². The number of nitrogens with zero attached hydrogens (tertiary/aromatic N) is 1. The maximum absolute atomic E-state index is 12.1. The fraction of sp³-hybridized carbons (Fsp3) is 0.154. The zero-order valence-corrected chi connectivity index (χ0v) is 19.2. The summed E-state index contributed by atoms with van der Waals surface area (Å²) >= 11 is 0. The fourth-order valence-electron chi connectivity index (χ4n) is 2.99. The van der Waals surface area contributed by atoms with Crippen molar-refractivity contribution in [2.75, 3.05) is 25.6 Å². The Kier molecular flexibility index (Phi) is 9.38. The van der Waals surface area contributed by atoms with Crippen molar-refractivity contribution in [2.24, 2.45) is 5.10 Å². The molecule has 3 rings (SSSR count). The summed E-state index contributed by atoms with van der Waals surface area (Å²) in [5.41, 5.74) is 4.46. The lowest BCUT2D eigenvalue weighted by atomic mass is 10.1. The molecule has 0 aliphatic heterocycles. The minimum Gasteiger partial charge on any atom is -0.497 e. The molecule has 0 atom stereocenters. The van der Waals surface area contributed by atoms with E-state index in [1.807, 2.05) is 30.3 Å². The van der Waals surface area contributed by atoms with Crippen molar-refractivity contribution in [1.29, 1.82) is 0 Å². The van der Waals surface area contributed by atoms with Crippen molar-refractivity contribution in [3.8, 4) is 11.5 Å². The summed E-state index contributed by atoms with van der Waals surface area (Å²) in [4.78, 5) is 35.9. The largest absolute Gasteiger partial charge is 0.497 e. The van der Waals surface area contributed by atoms with Crippen molar-refractivity contribution in [2.45, 2.75) is 6.42 Å². The van der Waals surface area contributed by atoms with E-state index < -0.39 is 11.8 Å². The average molecular weight is 475 g/mol. The number of benzene rings is 3. The SMILES string of the molecule is COc1cccc(NC(=O)COc2cccc(/C=N\NC(=O)C(=O)NCCc3ccccc3)c2)c1. The molecule has 0 fully saturated rings. The van der Waals surface area contributed by atoms with Crippen LogP contribution in [0.4, 0.5) is 5.69 Å². The van der Waals surface area contributed by atoms with E-state index in [0.29, 0.717) is 35.7 Å². The normalized spacial score (nSPS) is 10.4. The first kappa shape index (κ1) is 25.0. The van der Waals surface area contributed by atoms with E-state index in [-0.39, 0.29) is 12.5 Å². The Morgan fingerprint density at radius 2 is 1.66 bits per heavy atom. The standard InChI is InChI=1S/C26H26N4O5/c1-34-22-11-6-10-21(16-22)29-24(31)18-35-23-12-5-9-20(15-23)17-28-30-26(33)25(32)27-14-13-19-7-3-2-4-8-19/h2-12,15-17H,13-14,18H2,1H3,(H,27,32)(H,29,31)(H,30,33)/b28-17-. The molecule has 3 aromatic rings. The molecular weight excluding hydrogens is 448 g/mol. The minimum absolute atomic E-state index is 0.197. The molecular formula is C26H26N4O5. The fourth-order valence-corrected chi connectivity index (χ4v) is 2.99. The first-order valence-corrected chi connectivity index (χ1v) is 10.9. The third-order valence-electron chi connectivity index (χ3n) is 4.71. The van der Waals surface area contributed by atoms with Gasteiger partial charge in [0.2, 0.25) is 0 Å². The van der Waals surface area contributed by atoms with Crippen LogP contribution >= 0.6 is 0 Å². The molecule has 0 aliphatic carbocycles. The Bertz CT molecular complexity index is 1180. The summed E-state index contributed by atoms with van der Waals surface area (Å²) in [7, 11) is 1.55. The molecule has 0 aromatic heterocycles. The van der Waals surface area contributed by atoms with Gasteiger partial charge in [-0.2, -0.15) is 5.10 Å². The van der Waals surface area contributed by atoms with Crippen molar-refractivity contribution < 1.29 is 23.9 Å². The number of amides is 3. The zero-order chi connectivity index (χ0) is 24.9. The van der Waals surface area contributed by atoms with Gasteiger partial charge in [0.25, 0.3) is 5.91 Å². The van der Waals surface area contributed by atoms with Gasteiger partial charge in [0.05, 0.1) is 13.3 Å². The Hall–Kier alpha value is -4.66. The molecule has 180 valence electrons. The summed E-state index contributed by atoms with van der Waals surface area (Å²) in [5.74, 6) is -0.886. The third-order valence-corrected chi connectivity index (χ3v) is 4.71. The lowest BCUT2D eigenvalue weighted by Gasteiger charge is -2.09.